The lowest BCUT2D eigenvalue weighted by Gasteiger charge is -2.11. The Kier molecular flexibility index (Phi) is 3.57. The molecule has 0 fully saturated rings. The number of aromatic nitrogens is 3. The molecular weight excluding hydrogens is 280 g/mol. The lowest BCUT2D eigenvalue weighted by Crippen LogP contribution is -2.07. The van der Waals surface area contributed by atoms with Gasteiger partial charge in [0.25, 0.3) is 0 Å². The number of anilines is 2. The summed E-state index contributed by atoms with van der Waals surface area (Å²) in [6.45, 7) is 1.87. The maximum Gasteiger partial charge on any atom is 0.337 e. The smallest absolute Gasteiger partial charge is 0.337 e. The van der Waals surface area contributed by atoms with Gasteiger partial charge in [-0.25, -0.2) is 9.78 Å². The number of aromatic carboxylic acids is 1. The molecule has 2 heterocycles. The standard InChI is InChI=1S/C16H14N4O2/c1-11-10-15(20(19-11)14-8-4-5-9-17-14)18-13-7-3-2-6-12(13)16(21)22/h2-10,18H,1H3,(H,21,22). The van der Waals surface area contributed by atoms with Crippen LogP contribution in [-0.4, -0.2) is 25.8 Å². The van der Waals surface area contributed by atoms with E-state index in [1.54, 1.807) is 35.1 Å². The number of carbonyl (C=O) groups is 1. The van der Waals surface area contributed by atoms with E-state index in [2.05, 4.69) is 15.4 Å². The van der Waals surface area contributed by atoms with Crippen molar-refractivity contribution in [2.75, 3.05) is 5.32 Å². The monoisotopic (exact) mass is 294 g/mol. The molecule has 0 bridgehead atoms. The van der Waals surface area contributed by atoms with Crippen LogP contribution in [0.2, 0.25) is 0 Å². The average Bonchev–Trinajstić information content (AvgIpc) is 2.89. The molecule has 0 aliphatic carbocycles. The molecule has 22 heavy (non-hydrogen) atoms. The third kappa shape index (κ3) is 2.67. The fourth-order valence-corrected chi connectivity index (χ4v) is 2.16. The zero-order chi connectivity index (χ0) is 15.5. The summed E-state index contributed by atoms with van der Waals surface area (Å²) < 4.78 is 1.65. The van der Waals surface area contributed by atoms with Gasteiger partial charge in [0.1, 0.15) is 5.82 Å². The van der Waals surface area contributed by atoms with Gasteiger partial charge >= 0.3 is 5.97 Å². The fraction of sp³-hybridized carbons (Fsp3) is 0.0625. The van der Waals surface area contributed by atoms with E-state index in [1.165, 1.54) is 0 Å². The normalized spacial score (nSPS) is 10.4. The van der Waals surface area contributed by atoms with E-state index in [4.69, 9.17) is 0 Å². The Morgan fingerprint density at radius 3 is 2.68 bits per heavy atom. The predicted octanol–water partition coefficient (Wildman–Crippen LogP) is 3.02. The number of nitrogens with one attached hydrogen (secondary N) is 1. The molecule has 0 spiro atoms. The third-order valence-electron chi connectivity index (χ3n) is 3.12. The van der Waals surface area contributed by atoms with Crippen molar-refractivity contribution in [3.63, 3.8) is 0 Å². The highest BCUT2D eigenvalue weighted by Gasteiger charge is 2.13. The second-order valence-electron chi connectivity index (χ2n) is 4.75. The maximum absolute atomic E-state index is 11.3. The number of carboxylic acid groups (broad SMARTS) is 1. The first-order valence-corrected chi connectivity index (χ1v) is 6.72. The largest absolute Gasteiger partial charge is 0.478 e. The number of pyridine rings is 1. The van der Waals surface area contributed by atoms with Crippen LogP contribution in [0, 0.1) is 6.92 Å². The lowest BCUT2D eigenvalue weighted by molar-refractivity contribution is 0.0698. The van der Waals surface area contributed by atoms with Crippen LogP contribution in [0.4, 0.5) is 11.5 Å². The Labute approximate surface area is 127 Å². The SMILES string of the molecule is Cc1cc(Nc2ccccc2C(=O)O)n(-c2ccccn2)n1. The van der Waals surface area contributed by atoms with Gasteiger partial charge < -0.3 is 10.4 Å². The number of hydrogen-bond acceptors (Lipinski definition) is 4. The van der Waals surface area contributed by atoms with Crippen molar-refractivity contribution in [2.24, 2.45) is 0 Å². The number of carboxylic acids is 1. The van der Waals surface area contributed by atoms with Gasteiger partial charge in [-0.1, -0.05) is 18.2 Å². The van der Waals surface area contributed by atoms with Gasteiger partial charge in [0.05, 0.1) is 16.9 Å². The predicted molar refractivity (Wildman–Crippen MR) is 82.8 cm³/mol. The summed E-state index contributed by atoms with van der Waals surface area (Å²) in [6, 6.07) is 14.1. The molecule has 0 unspecified atom stereocenters. The summed E-state index contributed by atoms with van der Waals surface area (Å²) in [6.07, 6.45) is 1.68. The van der Waals surface area contributed by atoms with E-state index in [-0.39, 0.29) is 5.56 Å². The number of benzene rings is 1. The Balaban J connectivity index is 2.03. The molecule has 1 aromatic carbocycles. The van der Waals surface area contributed by atoms with Crippen molar-refractivity contribution in [3.8, 4) is 5.82 Å². The summed E-state index contributed by atoms with van der Waals surface area (Å²) in [5.41, 5.74) is 1.52. The Morgan fingerprint density at radius 2 is 1.95 bits per heavy atom. The van der Waals surface area contributed by atoms with Gasteiger partial charge in [-0.2, -0.15) is 9.78 Å². The van der Waals surface area contributed by atoms with Crippen LogP contribution in [0.15, 0.2) is 54.7 Å². The average molecular weight is 294 g/mol. The quantitative estimate of drug-likeness (QED) is 0.773. The molecule has 2 N–H and O–H groups in total. The molecule has 3 aromatic rings. The summed E-state index contributed by atoms with van der Waals surface area (Å²) in [7, 11) is 0. The number of para-hydroxylation sites is 1. The van der Waals surface area contributed by atoms with Crippen LogP contribution in [0.3, 0.4) is 0 Å². The van der Waals surface area contributed by atoms with Crippen molar-refractivity contribution in [1.29, 1.82) is 0 Å². The number of hydrogen-bond donors (Lipinski definition) is 2. The molecule has 0 saturated carbocycles. The zero-order valence-electron chi connectivity index (χ0n) is 11.9. The van der Waals surface area contributed by atoms with Crippen LogP contribution in [0.5, 0.6) is 0 Å². The van der Waals surface area contributed by atoms with Gasteiger partial charge in [0.2, 0.25) is 0 Å². The van der Waals surface area contributed by atoms with Crippen molar-refractivity contribution >= 4 is 17.5 Å². The first kappa shape index (κ1) is 13.8. The molecular formula is C16H14N4O2. The molecule has 2 aromatic heterocycles. The van der Waals surface area contributed by atoms with Crippen molar-refractivity contribution in [2.45, 2.75) is 6.92 Å². The maximum atomic E-state index is 11.3. The highest BCUT2D eigenvalue weighted by atomic mass is 16.4. The minimum atomic E-state index is -0.983. The summed E-state index contributed by atoms with van der Waals surface area (Å²) >= 11 is 0. The van der Waals surface area contributed by atoms with Crippen LogP contribution in [-0.2, 0) is 0 Å². The topological polar surface area (TPSA) is 80.0 Å². The van der Waals surface area contributed by atoms with E-state index in [9.17, 15) is 9.90 Å². The lowest BCUT2D eigenvalue weighted by atomic mass is 10.2. The molecule has 110 valence electrons. The summed E-state index contributed by atoms with van der Waals surface area (Å²) in [5.74, 6) is 0.333. The van der Waals surface area contributed by atoms with Crippen LogP contribution in [0.25, 0.3) is 5.82 Å². The Hall–Kier alpha value is -3.15. The molecule has 0 radical (unpaired) electrons. The van der Waals surface area contributed by atoms with Gasteiger partial charge in [0.15, 0.2) is 5.82 Å². The second-order valence-corrected chi connectivity index (χ2v) is 4.75. The highest BCUT2D eigenvalue weighted by molar-refractivity contribution is 5.95. The zero-order valence-corrected chi connectivity index (χ0v) is 11.9. The first-order valence-electron chi connectivity index (χ1n) is 6.72. The van der Waals surface area contributed by atoms with Crippen LogP contribution < -0.4 is 5.32 Å². The molecule has 6 heteroatoms. The minimum absolute atomic E-state index is 0.203. The second kappa shape index (κ2) is 5.69. The first-order chi connectivity index (χ1) is 10.6. The van der Waals surface area contributed by atoms with E-state index in [0.717, 1.165) is 5.69 Å². The van der Waals surface area contributed by atoms with E-state index in [0.29, 0.717) is 17.3 Å². The Bertz CT molecular complexity index is 812. The number of aryl methyl sites for hydroxylation is 1. The third-order valence-corrected chi connectivity index (χ3v) is 3.12. The Morgan fingerprint density at radius 1 is 1.18 bits per heavy atom. The fourth-order valence-electron chi connectivity index (χ4n) is 2.16. The number of nitrogens with zero attached hydrogens (tertiary/aromatic N) is 3. The van der Waals surface area contributed by atoms with E-state index < -0.39 is 5.97 Å². The van der Waals surface area contributed by atoms with Gasteiger partial charge in [-0.3, -0.25) is 0 Å². The molecule has 0 atom stereocenters. The molecule has 3 rings (SSSR count). The molecule has 0 aliphatic heterocycles. The minimum Gasteiger partial charge on any atom is -0.478 e. The van der Waals surface area contributed by atoms with Crippen molar-refractivity contribution < 1.29 is 9.90 Å². The van der Waals surface area contributed by atoms with Crippen molar-refractivity contribution in [3.05, 3.63) is 66.0 Å². The van der Waals surface area contributed by atoms with Crippen LogP contribution >= 0.6 is 0 Å². The number of rotatable bonds is 4. The van der Waals surface area contributed by atoms with Gasteiger partial charge in [-0.05, 0) is 31.2 Å². The molecule has 0 aliphatic rings. The summed E-state index contributed by atoms with van der Waals surface area (Å²) in [4.78, 5) is 15.6. The molecule has 0 amide bonds. The van der Waals surface area contributed by atoms with Crippen LogP contribution in [0.1, 0.15) is 16.1 Å². The van der Waals surface area contributed by atoms with Gasteiger partial charge in [-0.15, -0.1) is 0 Å². The highest BCUT2D eigenvalue weighted by Crippen LogP contribution is 2.23. The van der Waals surface area contributed by atoms with Gasteiger partial charge in [0, 0.05) is 12.3 Å². The van der Waals surface area contributed by atoms with Crippen molar-refractivity contribution in [1.82, 2.24) is 14.8 Å². The van der Waals surface area contributed by atoms with E-state index >= 15 is 0 Å². The summed E-state index contributed by atoms with van der Waals surface area (Å²) in [5, 5.41) is 16.8. The molecule has 6 nitrogen and oxygen atoms in total. The molecule has 0 saturated heterocycles. The van der Waals surface area contributed by atoms with E-state index in [1.807, 2.05) is 31.2 Å².